The molecule has 0 amide bonds. The van der Waals surface area contributed by atoms with E-state index in [1.54, 1.807) is 0 Å². The van der Waals surface area contributed by atoms with Crippen LogP contribution in [0.25, 0.3) is 0 Å². The first kappa shape index (κ1) is 63.7. The number of carbonyl (C=O) groups excluding carboxylic acids is 2. The molecule has 0 heterocycles. The molecule has 0 saturated heterocycles. The van der Waals surface area contributed by atoms with Crippen molar-refractivity contribution in [2.45, 2.75) is 258 Å². The van der Waals surface area contributed by atoms with Crippen molar-refractivity contribution in [1.82, 2.24) is 0 Å². The topological polar surface area (TPSA) is 134 Å². The minimum atomic E-state index is -4.40. The summed E-state index contributed by atoms with van der Waals surface area (Å²) in [6.07, 6.45) is 64.2. The zero-order chi connectivity index (χ0) is 48.1. The molecule has 9 nitrogen and oxygen atoms in total. The molecule has 0 rings (SSSR count). The molecule has 0 bridgehead atoms. The van der Waals surface area contributed by atoms with E-state index < -0.39 is 26.5 Å². The second-order valence-corrected chi connectivity index (χ2v) is 19.5. The fraction of sp³-hybridized carbons (Fsp3) is 0.786. The van der Waals surface area contributed by atoms with Crippen LogP contribution < -0.4 is 5.73 Å². The number of unbranched alkanes of at least 4 members (excludes halogenated alkanes) is 28. The Kier molecular flexibility index (Phi) is 50.3. The highest BCUT2D eigenvalue weighted by molar-refractivity contribution is 7.47. The van der Waals surface area contributed by atoms with Gasteiger partial charge in [0.2, 0.25) is 0 Å². The summed E-state index contributed by atoms with van der Waals surface area (Å²) in [7, 11) is -4.40. The molecule has 66 heavy (non-hydrogen) atoms. The van der Waals surface area contributed by atoms with Gasteiger partial charge in [0.25, 0.3) is 0 Å². The van der Waals surface area contributed by atoms with E-state index in [1.165, 1.54) is 148 Å². The van der Waals surface area contributed by atoms with Crippen LogP contribution >= 0.6 is 7.82 Å². The van der Waals surface area contributed by atoms with Gasteiger partial charge >= 0.3 is 19.8 Å². The first-order valence-electron chi connectivity index (χ1n) is 27.3. The quantitative estimate of drug-likeness (QED) is 0.0264. The van der Waals surface area contributed by atoms with Gasteiger partial charge in [-0.3, -0.25) is 18.6 Å². The van der Waals surface area contributed by atoms with Gasteiger partial charge in [-0.1, -0.05) is 242 Å². The number of allylic oxidation sites excluding steroid dienone is 10. The molecule has 0 aliphatic heterocycles. The number of rotatable bonds is 51. The molecule has 0 aliphatic rings. The van der Waals surface area contributed by atoms with Crippen LogP contribution in [-0.2, 0) is 32.7 Å². The Morgan fingerprint density at radius 1 is 0.470 bits per heavy atom. The Bertz CT molecular complexity index is 1260. The third kappa shape index (κ3) is 51.1. The lowest BCUT2D eigenvalue weighted by Gasteiger charge is -2.19. The van der Waals surface area contributed by atoms with Crippen LogP contribution in [0.2, 0.25) is 0 Å². The Morgan fingerprint density at radius 2 is 0.833 bits per heavy atom. The van der Waals surface area contributed by atoms with Crippen molar-refractivity contribution in [3.63, 3.8) is 0 Å². The smallest absolute Gasteiger partial charge is 0.462 e. The van der Waals surface area contributed by atoms with Crippen molar-refractivity contribution in [2.24, 2.45) is 5.73 Å². The first-order chi connectivity index (χ1) is 32.3. The molecule has 0 aromatic rings. The number of phosphoric ester groups is 1. The van der Waals surface area contributed by atoms with Crippen molar-refractivity contribution >= 4 is 19.8 Å². The minimum absolute atomic E-state index is 0.0463. The van der Waals surface area contributed by atoms with Gasteiger partial charge in [-0.05, 0) is 57.8 Å². The average molecular weight is 948 g/mol. The maximum Gasteiger partial charge on any atom is 0.472 e. The summed E-state index contributed by atoms with van der Waals surface area (Å²) < 4.78 is 32.9. The van der Waals surface area contributed by atoms with Crippen molar-refractivity contribution in [2.75, 3.05) is 26.4 Å². The van der Waals surface area contributed by atoms with Gasteiger partial charge in [0.1, 0.15) is 6.61 Å². The van der Waals surface area contributed by atoms with Crippen molar-refractivity contribution in [1.29, 1.82) is 0 Å². The molecule has 0 fully saturated rings. The van der Waals surface area contributed by atoms with Crippen LogP contribution in [-0.4, -0.2) is 49.3 Å². The van der Waals surface area contributed by atoms with E-state index in [1.807, 2.05) is 0 Å². The zero-order valence-electron chi connectivity index (χ0n) is 42.7. The van der Waals surface area contributed by atoms with Crippen LogP contribution in [0.1, 0.15) is 251 Å². The lowest BCUT2D eigenvalue weighted by atomic mass is 10.0. The Labute approximate surface area is 406 Å². The van der Waals surface area contributed by atoms with Crippen molar-refractivity contribution in [3.05, 3.63) is 60.8 Å². The molecule has 10 heteroatoms. The summed E-state index contributed by atoms with van der Waals surface area (Å²) in [4.78, 5) is 35.1. The van der Waals surface area contributed by atoms with Crippen LogP contribution in [0.15, 0.2) is 60.8 Å². The van der Waals surface area contributed by atoms with Gasteiger partial charge < -0.3 is 20.1 Å². The summed E-state index contributed by atoms with van der Waals surface area (Å²) in [5.41, 5.74) is 5.37. The van der Waals surface area contributed by atoms with E-state index in [0.29, 0.717) is 6.42 Å². The van der Waals surface area contributed by atoms with E-state index in [0.717, 1.165) is 70.6 Å². The van der Waals surface area contributed by atoms with Gasteiger partial charge in [0.05, 0.1) is 13.2 Å². The minimum Gasteiger partial charge on any atom is -0.462 e. The third-order valence-electron chi connectivity index (χ3n) is 11.7. The highest BCUT2D eigenvalue weighted by Crippen LogP contribution is 2.43. The maximum atomic E-state index is 12.6. The summed E-state index contributed by atoms with van der Waals surface area (Å²) in [5.74, 6) is -0.859. The Balaban J connectivity index is 4.00. The predicted octanol–water partition coefficient (Wildman–Crippen LogP) is 16.8. The predicted molar refractivity (Wildman–Crippen MR) is 279 cm³/mol. The highest BCUT2D eigenvalue weighted by Gasteiger charge is 2.26. The number of hydrogen-bond acceptors (Lipinski definition) is 8. The molecule has 0 saturated carbocycles. The van der Waals surface area contributed by atoms with E-state index in [-0.39, 0.29) is 38.6 Å². The molecule has 0 spiro atoms. The van der Waals surface area contributed by atoms with Crippen LogP contribution in [0, 0.1) is 0 Å². The molecule has 384 valence electrons. The zero-order valence-corrected chi connectivity index (χ0v) is 43.6. The van der Waals surface area contributed by atoms with Gasteiger partial charge in [0.15, 0.2) is 6.10 Å². The fourth-order valence-electron chi connectivity index (χ4n) is 7.66. The molecule has 2 atom stereocenters. The van der Waals surface area contributed by atoms with E-state index in [2.05, 4.69) is 74.6 Å². The Morgan fingerprint density at radius 3 is 1.24 bits per heavy atom. The summed E-state index contributed by atoms with van der Waals surface area (Å²) in [5, 5.41) is 0. The summed E-state index contributed by atoms with van der Waals surface area (Å²) in [6, 6.07) is 0. The molecular formula is C56H102NO8P. The van der Waals surface area contributed by atoms with E-state index in [9.17, 15) is 19.0 Å². The van der Waals surface area contributed by atoms with Crippen molar-refractivity contribution < 1.29 is 37.6 Å². The maximum absolute atomic E-state index is 12.6. The molecule has 0 aliphatic carbocycles. The van der Waals surface area contributed by atoms with E-state index >= 15 is 0 Å². The lowest BCUT2D eigenvalue weighted by Crippen LogP contribution is -2.29. The first-order valence-corrected chi connectivity index (χ1v) is 28.8. The number of carbonyl (C=O) groups is 2. The standard InChI is InChI=1S/C56H102NO8P/c1-3-5-7-9-11-13-15-17-19-21-23-24-25-26-27-28-29-31-32-34-36-38-40-42-44-46-48-55(58)62-52-54(53-64-66(60,61)63-51-50-57)65-56(59)49-47-45-43-41-39-37-35-33-30-22-20-18-16-14-12-10-8-6-4-2/h6,8,12,14,18,20,30,33,37,39,54H,3-5,7,9-11,13,15-17,19,21-29,31-32,34-36,38,40-53,57H2,1-2H3,(H,60,61)/b8-6-,14-12-,20-18-,33-30-,39-37-. The second-order valence-electron chi connectivity index (χ2n) is 18.1. The average Bonchev–Trinajstić information content (AvgIpc) is 3.31. The monoisotopic (exact) mass is 948 g/mol. The van der Waals surface area contributed by atoms with Crippen LogP contribution in [0.3, 0.4) is 0 Å². The molecule has 0 radical (unpaired) electrons. The molecule has 2 unspecified atom stereocenters. The van der Waals surface area contributed by atoms with Gasteiger partial charge in [-0.2, -0.15) is 0 Å². The highest BCUT2D eigenvalue weighted by atomic mass is 31.2. The van der Waals surface area contributed by atoms with Gasteiger partial charge in [0, 0.05) is 19.4 Å². The number of phosphoric acid groups is 1. The second kappa shape index (κ2) is 52.1. The molecule has 0 aromatic carbocycles. The van der Waals surface area contributed by atoms with Crippen LogP contribution in [0.5, 0.6) is 0 Å². The van der Waals surface area contributed by atoms with Gasteiger partial charge in [-0.25, -0.2) is 4.57 Å². The number of esters is 2. The normalized spacial score (nSPS) is 13.6. The molecule has 3 N–H and O–H groups in total. The SMILES string of the molecule is CC/C=C\C/C=C\C/C=C\C/C=C\C/C=C\CCCCCC(=O)OC(COC(=O)CCCCCCCCCCCCCCCCCCCCCCCCCCCC)COP(=O)(O)OCCN. The summed E-state index contributed by atoms with van der Waals surface area (Å²) >= 11 is 0. The number of hydrogen-bond donors (Lipinski definition) is 2. The third-order valence-corrected chi connectivity index (χ3v) is 12.7. The fourth-order valence-corrected chi connectivity index (χ4v) is 8.43. The van der Waals surface area contributed by atoms with E-state index in [4.69, 9.17) is 24.3 Å². The van der Waals surface area contributed by atoms with Crippen LogP contribution in [0.4, 0.5) is 0 Å². The summed E-state index contributed by atoms with van der Waals surface area (Å²) in [6.45, 7) is 3.62. The largest absolute Gasteiger partial charge is 0.472 e. The molecule has 0 aromatic heterocycles. The molecular weight excluding hydrogens is 846 g/mol. The van der Waals surface area contributed by atoms with Crippen molar-refractivity contribution in [3.8, 4) is 0 Å². The number of nitrogens with two attached hydrogens (primary N) is 1. The lowest BCUT2D eigenvalue weighted by molar-refractivity contribution is -0.161. The Hall–Kier alpha value is -2.29. The number of ether oxygens (including phenoxy) is 2. The van der Waals surface area contributed by atoms with Gasteiger partial charge in [-0.15, -0.1) is 0 Å².